The summed E-state index contributed by atoms with van der Waals surface area (Å²) in [5.41, 5.74) is 7.64. The molecule has 0 saturated carbocycles. The third-order valence-corrected chi connectivity index (χ3v) is 8.14. The molecule has 0 fully saturated rings. The molecule has 8 nitrogen and oxygen atoms in total. The Balaban J connectivity index is 1.35. The maximum absolute atomic E-state index is 13.7. The number of fused-ring (bicyclic) bond motifs is 2. The molecule has 2 aromatic carbocycles. The molecule has 6 rings (SSSR count). The zero-order valence-corrected chi connectivity index (χ0v) is 23.7. The van der Waals surface area contributed by atoms with Crippen molar-refractivity contribution in [1.29, 1.82) is 0 Å². The number of halogens is 1. The highest BCUT2D eigenvalue weighted by Crippen LogP contribution is 2.46. The van der Waals surface area contributed by atoms with E-state index in [4.69, 9.17) is 15.5 Å². The first-order valence-electron chi connectivity index (χ1n) is 13.9. The number of ketones is 1. The number of hydrogen-bond acceptors (Lipinski definition) is 7. The number of hydrogen-bond donors (Lipinski definition) is 2. The second-order valence-electron chi connectivity index (χ2n) is 11.3. The molecule has 0 aliphatic carbocycles. The smallest absolute Gasteiger partial charge is 0.231 e. The van der Waals surface area contributed by atoms with E-state index in [2.05, 4.69) is 9.97 Å². The molecule has 4 heterocycles. The average Bonchev–Trinajstić information content (AvgIpc) is 3.37. The lowest BCUT2D eigenvalue weighted by atomic mass is 9.81. The van der Waals surface area contributed by atoms with Crippen LogP contribution in [0.2, 0.25) is 0 Å². The minimum absolute atomic E-state index is 0.00819. The van der Waals surface area contributed by atoms with E-state index in [9.17, 15) is 19.1 Å². The number of pyridine rings is 3. The van der Waals surface area contributed by atoms with Crippen LogP contribution in [0, 0.1) is 5.82 Å². The molecule has 1 aliphatic heterocycles. The first-order chi connectivity index (χ1) is 20.6. The van der Waals surface area contributed by atoms with Gasteiger partial charge >= 0.3 is 0 Å². The average molecular weight is 577 g/mol. The summed E-state index contributed by atoms with van der Waals surface area (Å²) in [6.07, 6.45) is 5.15. The van der Waals surface area contributed by atoms with E-state index in [0.29, 0.717) is 28.1 Å². The highest BCUT2D eigenvalue weighted by Gasteiger charge is 2.45. The van der Waals surface area contributed by atoms with E-state index in [0.717, 1.165) is 22.0 Å². The second-order valence-corrected chi connectivity index (χ2v) is 11.3. The molecule has 0 radical (unpaired) electrons. The molecule has 0 bridgehead atoms. The molecule has 0 spiro atoms. The van der Waals surface area contributed by atoms with Gasteiger partial charge in [-0.1, -0.05) is 6.07 Å². The predicted molar refractivity (Wildman–Crippen MR) is 160 cm³/mol. The number of amides is 1. The zero-order chi connectivity index (χ0) is 30.4. The number of aliphatic hydroxyl groups is 1. The van der Waals surface area contributed by atoms with Gasteiger partial charge in [-0.2, -0.15) is 0 Å². The Labute approximate surface area is 247 Å². The number of primary amides is 1. The molecule has 216 valence electrons. The summed E-state index contributed by atoms with van der Waals surface area (Å²) in [6, 6.07) is 18.4. The van der Waals surface area contributed by atoms with Crippen LogP contribution in [-0.4, -0.2) is 38.4 Å². The molecule has 1 amide bonds. The summed E-state index contributed by atoms with van der Waals surface area (Å²) in [7, 11) is 0. The molecule has 2 atom stereocenters. The Hall–Kier alpha value is -5.02. The summed E-state index contributed by atoms with van der Waals surface area (Å²) < 4.78 is 19.6. The minimum atomic E-state index is -1.56. The van der Waals surface area contributed by atoms with Gasteiger partial charge in [-0.15, -0.1) is 0 Å². The number of benzene rings is 2. The topological polar surface area (TPSA) is 128 Å². The van der Waals surface area contributed by atoms with Gasteiger partial charge in [0.1, 0.15) is 34.9 Å². The standard InChI is InChI=1S/C34H29FN4O4/c1-33(32(36)41)19-43-31-26(33)18-28(39-30(31)21-5-7-24(35)8-6-21)34(2,42)12-9-27(40)23-16-22-4-3-13-38-29(22)25(17-23)20-10-14-37-15-11-20/h3-8,10-11,13-18,42H,9,12,19H2,1-2H3,(H2,36,41)/t33-,34-/m0/s1. The number of carbonyl (C=O) groups is 2. The van der Waals surface area contributed by atoms with Crippen molar-refractivity contribution in [3.63, 3.8) is 0 Å². The summed E-state index contributed by atoms with van der Waals surface area (Å²) >= 11 is 0. The SMILES string of the molecule is C[C@](O)(CCC(=O)c1cc(-c2ccncc2)c2ncccc2c1)c1cc2c(c(-c3ccc(F)cc3)n1)OC[C@]2(C)C(N)=O. The van der Waals surface area contributed by atoms with Gasteiger partial charge in [0.2, 0.25) is 5.91 Å². The monoisotopic (exact) mass is 576 g/mol. The van der Waals surface area contributed by atoms with Crippen molar-refractivity contribution in [2.45, 2.75) is 37.7 Å². The summed E-state index contributed by atoms with van der Waals surface area (Å²) in [5, 5.41) is 12.5. The number of Topliss-reactive ketones (excluding diaryl/α,β-unsaturated/α-hetero) is 1. The quantitative estimate of drug-likeness (QED) is 0.233. The van der Waals surface area contributed by atoms with Gasteiger partial charge in [-0.3, -0.25) is 19.6 Å². The second kappa shape index (κ2) is 10.7. The highest BCUT2D eigenvalue weighted by atomic mass is 19.1. The number of aromatic nitrogens is 3. The first-order valence-corrected chi connectivity index (χ1v) is 13.9. The van der Waals surface area contributed by atoms with E-state index in [-0.39, 0.29) is 30.9 Å². The normalized spacial score (nSPS) is 17.2. The fourth-order valence-corrected chi connectivity index (χ4v) is 5.40. The lowest BCUT2D eigenvalue weighted by molar-refractivity contribution is -0.123. The van der Waals surface area contributed by atoms with Crippen LogP contribution >= 0.6 is 0 Å². The fraction of sp³-hybridized carbons (Fsp3) is 0.206. The predicted octanol–water partition coefficient (Wildman–Crippen LogP) is 5.50. The van der Waals surface area contributed by atoms with Gasteiger partial charge < -0.3 is 15.6 Å². The van der Waals surface area contributed by atoms with Crippen molar-refractivity contribution in [3.05, 3.63) is 108 Å². The number of nitrogens with two attached hydrogens (primary N) is 1. The van der Waals surface area contributed by atoms with E-state index >= 15 is 0 Å². The number of carbonyl (C=O) groups excluding carboxylic acids is 2. The van der Waals surface area contributed by atoms with Crippen LogP contribution in [0.1, 0.15) is 48.3 Å². The van der Waals surface area contributed by atoms with Crippen molar-refractivity contribution < 1.29 is 23.8 Å². The summed E-state index contributed by atoms with van der Waals surface area (Å²) in [6.45, 7) is 3.26. The lowest BCUT2D eigenvalue weighted by Gasteiger charge is -2.26. The largest absolute Gasteiger partial charge is 0.489 e. The van der Waals surface area contributed by atoms with Crippen LogP contribution in [0.4, 0.5) is 4.39 Å². The van der Waals surface area contributed by atoms with Crippen molar-refractivity contribution in [2.24, 2.45) is 5.73 Å². The molecule has 0 saturated heterocycles. The van der Waals surface area contributed by atoms with Crippen LogP contribution < -0.4 is 10.5 Å². The molecule has 1 aliphatic rings. The fourth-order valence-electron chi connectivity index (χ4n) is 5.40. The van der Waals surface area contributed by atoms with Gasteiger partial charge in [-0.25, -0.2) is 9.37 Å². The van der Waals surface area contributed by atoms with Gasteiger partial charge in [0, 0.05) is 52.7 Å². The Bertz CT molecular complexity index is 1880. The molecule has 9 heteroatoms. The van der Waals surface area contributed by atoms with Crippen molar-refractivity contribution in [1.82, 2.24) is 15.0 Å². The zero-order valence-electron chi connectivity index (χ0n) is 23.7. The van der Waals surface area contributed by atoms with E-state index < -0.39 is 22.7 Å². The Morgan fingerprint density at radius 2 is 1.79 bits per heavy atom. The molecule has 0 unspecified atom stereocenters. The summed E-state index contributed by atoms with van der Waals surface area (Å²) in [5.74, 6) is -0.802. The first kappa shape index (κ1) is 28.1. The number of ether oxygens (including phenoxy) is 1. The molecule has 43 heavy (non-hydrogen) atoms. The highest BCUT2D eigenvalue weighted by molar-refractivity contribution is 6.04. The molecule has 5 aromatic rings. The Morgan fingerprint density at radius 1 is 1.05 bits per heavy atom. The molecular formula is C34H29FN4O4. The number of nitrogens with zero attached hydrogens (tertiary/aromatic N) is 3. The van der Waals surface area contributed by atoms with Crippen molar-refractivity contribution >= 4 is 22.6 Å². The maximum atomic E-state index is 13.7. The van der Waals surface area contributed by atoms with E-state index in [1.165, 1.54) is 12.1 Å². The van der Waals surface area contributed by atoms with Crippen LogP contribution in [-0.2, 0) is 15.8 Å². The van der Waals surface area contributed by atoms with Gasteiger partial charge in [0.15, 0.2) is 5.78 Å². The Kier molecular flexibility index (Phi) is 6.98. The van der Waals surface area contributed by atoms with E-state index in [1.807, 2.05) is 30.3 Å². The third-order valence-electron chi connectivity index (χ3n) is 8.14. The van der Waals surface area contributed by atoms with E-state index in [1.54, 1.807) is 56.7 Å². The van der Waals surface area contributed by atoms with Crippen LogP contribution in [0.25, 0.3) is 33.3 Å². The van der Waals surface area contributed by atoms with Gasteiger partial charge in [-0.05, 0) is 86.5 Å². The molecular weight excluding hydrogens is 547 g/mol. The van der Waals surface area contributed by atoms with Gasteiger partial charge in [0.05, 0.1) is 11.2 Å². The molecule has 3 aromatic heterocycles. The number of rotatable bonds is 8. The lowest BCUT2D eigenvalue weighted by Crippen LogP contribution is -2.40. The summed E-state index contributed by atoms with van der Waals surface area (Å²) in [4.78, 5) is 39.4. The third kappa shape index (κ3) is 5.12. The van der Waals surface area contributed by atoms with Crippen molar-refractivity contribution in [3.8, 4) is 28.1 Å². The molecule has 3 N–H and O–H groups in total. The van der Waals surface area contributed by atoms with Crippen molar-refractivity contribution in [2.75, 3.05) is 6.61 Å². The van der Waals surface area contributed by atoms with Gasteiger partial charge in [0.25, 0.3) is 0 Å². The Morgan fingerprint density at radius 3 is 2.51 bits per heavy atom. The minimum Gasteiger partial charge on any atom is -0.489 e. The maximum Gasteiger partial charge on any atom is 0.231 e. The van der Waals surface area contributed by atoms with Crippen LogP contribution in [0.15, 0.2) is 85.3 Å². The van der Waals surface area contributed by atoms with Crippen LogP contribution in [0.5, 0.6) is 5.75 Å². The van der Waals surface area contributed by atoms with Crippen LogP contribution in [0.3, 0.4) is 0 Å².